The van der Waals surface area contributed by atoms with Crippen LogP contribution in [0.25, 0.3) is 0 Å². The largest absolute Gasteiger partial charge is 0.365 e. The minimum absolute atomic E-state index is 0.0535. The number of pyridine rings is 1. The Morgan fingerprint density at radius 2 is 1.86 bits per heavy atom. The molecule has 14 heavy (non-hydrogen) atoms. The first kappa shape index (κ1) is 10.8. The summed E-state index contributed by atoms with van der Waals surface area (Å²) in [7, 11) is 3.98. The van der Waals surface area contributed by atoms with Gasteiger partial charge in [0.05, 0.1) is 0 Å². The average molecular weight is 193 g/mol. The van der Waals surface area contributed by atoms with Crippen LogP contribution in [-0.2, 0) is 0 Å². The van der Waals surface area contributed by atoms with Crippen molar-refractivity contribution in [2.45, 2.75) is 26.3 Å². The van der Waals surface area contributed by atoms with Gasteiger partial charge in [0.2, 0.25) is 0 Å². The summed E-state index contributed by atoms with van der Waals surface area (Å²) in [5, 5.41) is 3.34. The summed E-state index contributed by atoms with van der Waals surface area (Å²) in [4.78, 5) is 6.47. The molecule has 0 fully saturated rings. The number of nitrogens with zero attached hydrogens (tertiary/aromatic N) is 2. The second-order valence-corrected chi connectivity index (χ2v) is 4.65. The van der Waals surface area contributed by atoms with E-state index in [0.29, 0.717) is 0 Å². The van der Waals surface area contributed by atoms with Gasteiger partial charge < -0.3 is 10.2 Å². The van der Waals surface area contributed by atoms with Gasteiger partial charge in [-0.25, -0.2) is 4.98 Å². The second-order valence-electron chi connectivity index (χ2n) is 4.65. The maximum absolute atomic E-state index is 4.47. The minimum Gasteiger partial charge on any atom is -0.365 e. The quantitative estimate of drug-likeness (QED) is 0.781. The van der Waals surface area contributed by atoms with Crippen LogP contribution in [0.15, 0.2) is 18.2 Å². The molecule has 3 nitrogen and oxygen atoms in total. The molecule has 0 saturated carbocycles. The van der Waals surface area contributed by atoms with E-state index in [1.807, 2.05) is 37.2 Å². The van der Waals surface area contributed by atoms with Crippen molar-refractivity contribution in [1.82, 2.24) is 4.98 Å². The van der Waals surface area contributed by atoms with Crippen LogP contribution in [0, 0.1) is 0 Å². The number of hydrogen-bond acceptors (Lipinski definition) is 3. The standard InChI is InChI=1S/C11H19N3/c1-11(2,3)13-9-7-6-8-10(12-9)14(4)5/h6-8H,1-5H3,(H,12,13). The van der Waals surface area contributed by atoms with Crippen LogP contribution in [0.5, 0.6) is 0 Å². The molecule has 78 valence electrons. The zero-order valence-electron chi connectivity index (χ0n) is 9.63. The van der Waals surface area contributed by atoms with E-state index < -0.39 is 0 Å². The van der Waals surface area contributed by atoms with Gasteiger partial charge in [-0.15, -0.1) is 0 Å². The van der Waals surface area contributed by atoms with E-state index in [0.717, 1.165) is 11.6 Å². The summed E-state index contributed by atoms with van der Waals surface area (Å²) in [6.07, 6.45) is 0. The van der Waals surface area contributed by atoms with Gasteiger partial charge in [0.25, 0.3) is 0 Å². The Bertz CT molecular complexity index is 300. The lowest BCUT2D eigenvalue weighted by Gasteiger charge is -2.22. The molecule has 0 spiro atoms. The van der Waals surface area contributed by atoms with Crippen LogP contribution < -0.4 is 10.2 Å². The third-order valence-corrected chi connectivity index (χ3v) is 1.70. The lowest BCUT2D eigenvalue weighted by molar-refractivity contribution is 0.630. The van der Waals surface area contributed by atoms with Crippen molar-refractivity contribution < 1.29 is 0 Å². The highest BCUT2D eigenvalue weighted by Gasteiger charge is 2.10. The predicted octanol–water partition coefficient (Wildman–Crippen LogP) is 2.36. The summed E-state index contributed by atoms with van der Waals surface area (Å²) in [5.74, 6) is 1.89. The number of nitrogens with one attached hydrogen (secondary N) is 1. The first-order valence-corrected chi connectivity index (χ1v) is 4.81. The fourth-order valence-corrected chi connectivity index (χ4v) is 1.13. The molecule has 0 bridgehead atoms. The number of aromatic nitrogens is 1. The van der Waals surface area contributed by atoms with Crippen molar-refractivity contribution in [3.63, 3.8) is 0 Å². The van der Waals surface area contributed by atoms with Crippen LogP contribution in [-0.4, -0.2) is 24.6 Å². The molecule has 0 aliphatic rings. The fraction of sp³-hybridized carbons (Fsp3) is 0.545. The van der Waals surface area contributed by atoms with Crippen molar-refractivity contribution >= 4 is 11.6 Å². The molecule has 1 N–H and O–H groups in total. The first-order valence-electron chi connectivity index (χ1n) is 4.81. The SMILES string of the molecule is CN(C)c1cccc(NC(C)(C)C)n1. The van der Waals surface area contributed by atoms with Crippen molar-refractivity contribution in [1.29, 1.82) is 0 Å². The van der Waals surface area contributed by atoms with Crippen molar-refractivity contribution in [2.24, 2.45) is 0 Å². The van der Waals surface area contributed by atoms with Gasteiger partial charge in [0.1, 0.15) is 11.6 Å². The van der Waals surface area contributed by atoms with E-state index in [1.165, 1.54) is 0 Å². The van der Waals surface area contributed by atoms with Gasteiger partial charge in [-0.05, 0) is 32.9 Å². The van der Waals surface area contributed by atoms with Crippen LogP contribution in [0.1, 0.15) is 20.8 Å². The summed E-state index contributed by atoms with van der Waals surface area (Å²) >= 11 is 0. The molecule has 0 radical (unpaired) electrons. The van der Waals surface area contributed by atoms with Gasteiger partial charge in [-0.3, -0.25) is 0 Å². The van der Waals surface area contributed by atoms with E-state index in [4.69, 9.17) is 0 Å². The molecule has 0 aromatic carbocycles. The third-order valence-electron chi connectivity index (χ3n) is 1.70. The Morgan fingerprint density at radius 1 is 1.21 bits per heavy atom. The van der Waals surface area contributed by atoms with Gasteiger partial charge in [-0.2, -0.15) is 0 Å². The molecular weight excluding hydrogens is 174 g/mol. The topological polar surface area (TPSA) is 28.2 Å². The summed E-state index contributed by atoms with van der Waals surface area (Å²) < 4.78 is 0. The lowest BCUT2D eigenvalue weighted by Crippen LogP contribution is -2.27. The Balaban J connectivity index is 2.84. The van der Waals surface area contributed by atoms with Gasteiger partial charge in [-0.1, -0.05) is 6.07 Å². The van der Waals surface area contributed by atoms with Crippen LogP contribution >= 0.6 is 0 Å². The molecule has 1 aromatic heterocycles. The Morgan fingerprint density at radius 3 is 2.36 bits per heavy atom. The maximum atomic E-state index is 4.47. The number of rotatable bonds is 2. The van der Waals surface area contributed by atoms with E-state index in [-0.39, 0.29) is 5.54 Å². The van der Waals surface area contributed by atoms with E-state index >= 15 is 0 Å². The van der Waals surface area contributed by atoms with E-state index in [1.54, 1.807) is 0 Å². The third kappa shape index (κ3) is 3.24. The van der Waals surface area contributed by atoms with Crippen LogP contribution in [0.4, 0.5) is 11.6 Å². The van der Waals surface area contributed by atoms with E-state index in [9.17, 15) is 0 Å². The second kappa shape index (κ2) is 3.86. The molecule has 0 aliphatic carbocycles. The smallest absolute Gasteiger partial charge is 0.130 e. The summed E-state index contributed by atoms with van der Waals surface area (Å²) in [6, 6.07) is 5.99. The zero-order valence-corrected chi connectivity index (χ0v) is 9.63. The Hall–Kier alpha value is -1.25. The molecule has 0 unspecified atom stereocenters. The normalized spacial score (nSPS) is 11.2. The van der Waals surface area contributed by atoms with Gasteiger partial charge >= 0.3 is 0 Å². The molecule has 1 heterocycles. The lowest BCUT2D eigenvalue weighted by atomic mass is 10.1. The summed E-state index contributed by atoms with van der Waals surface area (Å²) in [6.45, 7) is 6.37. The summed E-state index contributed by atoms with van der Waals surface area (Å²) in [5.41, 5.74) is 0.0535. The van der Waals surface area contributed by atoms with Gasteiger partial charge in [0.15, 0.2) is 0 Å². The maximum Gasteiger partial charge on any atom is 0.130 e. The molecule has 3 heteroatoms. The first-order chi connectivity index (χ1) is 6.38. The van der Waals surface area contributed by atoms with Gasteiger partial charge in [0, 0.05) is 19.6 Å². The molecule has 1 rings (SSSR count). The Labute approximate surface area is 86.2 Å². The fourth-order valence-electron chi connectivity index (χ4n) is 1.13. The zero-order chi connectivity index (χ0) is 10.8. The molecule has 0 saturated heterocycles. The monoisotopic (exact) mass is 193 g/mol. The molecule has 0 aliphatic heterocycles. The van der Waals surface area contributed by atoms with Crippen molar-refractivity contribution in [3.05, 3.63) is 18.2 Å². The highest BCUT2D eigenvalue weighted by atomic mass is 15.2. The number of anilines is 2. The number of hydrogen-bond donors (Lipinski definition) is 1. The molecule has 1 aromatic rings. The minimum atomic E-state index is 0.0535. The van der Waals surface area contributed by atoms with Crippen molar-refractivity contribution in [3.8, 4) is 0 Å². The predicted molar refractivity (Wildman–Crippen MR) is 61.9 cm³/mol. The van der Waals surface area contributed by atoms with E-state index in [2.05, 4.69) is 31.1 Å². The Kier molecular flexibility index (Phi) is 2.99. The highest BCUT2D eigenvalue weighted by Crippen LogP contribution is 2.15. The van der Waals surface area contributed by atoms with Crippen molar-refractivity contribution in [2.75, 3.05) is 24.3 Å². The van der Waals surface area contributed by atoms with Crippen LogP contribution in [0.3, 0.4) is 0 Å². The molecule has 0 amide bonds. The average Bonchev–Trinajstić information content (AvgIpc) is 2.01. The van der Waals surface area contributed by atoms with Crippen LogP contribution in [0.2, 0.25) is 0 Å². The highest BCUT2D eigenvalue weighted by molar-refractivity contribution is 5.46. The molecular formula is C11H19N3. The molecule has 0 atom stereocenters.